The highest BCUT2D eigenvalue weighted by Crippen LogP contribution is 2.33. The highest BCUT2D eigenvalue weighted by atomic mass is 79.9. The summed E-state index contributed by atoms with van der Waals surface area (Å²) in [4.78, 5) is 19.1. The van der Waals surface area contributed by atoms with Gasteiger partial charge >= 0.3 is 5.69 Å². The van der Waals surface area contributed by atoms with Crippen molar-refractivity contribution in [1.29, 1.82) is 0 Å². The molecule has 9 heteroatoms. The van der Waals surface area contributed by atoms with Crippen LogP contribution in [-0.2, 0) is 0 Å². The fourth-order valence-corrected chi connectivity index (χ4v) is 2.51. The molecule has 1 aromatic heterocycles. The number of anilines is 4. The molecular weight excluding hydrogens is 402 g/mol. The van der Waals surface area contributed by atoms with Gasteiger partial charge in [-0.05, 0) is 36.4 Å². The van der Waals surface area contributed by atoms with Gasteiger partial charge in [-0.15, -0.1) is 0 Å². The number of rotatable bonds is 6. The number of nitrogens with zero attached hydrogens (tertiary/aromatic N) is 3. The lowest BCUT2D eigenvalue weighted by molar-refractivity contribution is -0.383. The van der Waals surface area contributed by atoms with Crippen molar-refractivity contribution in [2.24, 2.45) is 0 Å². The number of benzene rings is 2. The predicted octanol–water partition coefficient (Wildman–Crippen LogP) is 4.64. The highest BCUT2D eigenvalue weighted by Gasteiger charge is 2.23. The van der Waals surface area contributed by atoms with Crippen LogP contribution in [0, 0.1) is 10.1 Å². The van der Waals surface area contributed by atoms with E-state index in [1.54, 1.807) is 43.5 Å². The summed E-state index contributed by atoms with van der Waals surface area (Å²) in [7, 11) is 1.55. The van der Waals surface area contributed by atoms with E-state index in [0.717, 1.165) is 4.47 Å². The second kappa shape index (κ2) is 7.79. The smallest absolute Gasteiger partial charge is 0.353 e. The Morgan fingerprint density at radius 1 is 1.04 bits per heavy atom. The average Bonchev–Trinajstić information content (AvgIpc) is 2.64. The lowest BCUT2D eigenvalue weighted by Crippen LogP contribution is -2.05. The molecule has 3 rings (SSSR count). The molecule has 0 aliphatic rings. The Morgan fingerprint density at radius 3 is 2.31 bits per heavy atom. The predicted molar refractivity (Wildman–Crippen MR) is 102 cm³/mol. The first kappa shape index (κ1) is 17.6. The van der Waals surface area contributed by atoms with Crippen LogP contribution in [0.25, 0.3) is 0 Å². The average molecular weight is 416 g/mol. The zero-order valence-corrected chi connectivity index (χ0v) is 15.2. The Labute approximate surface area is 157 Å². The van der Waals surface area contributed by atoms with E-state index in [-0.39, 0.29) is 17.3 Å². The molecule has 2 aromatic carbocycles. The normalized spacial score (nSPS) is 10.2. The maximum Gasteiger partial charge on any atom is 0.353 e. The zero-order chi connectivity index (χ0) is 18.5. The molecular formula is C17H14BrN5O3. The van der Waals surface area contributed by atoms with Crippen LogP contribution >= 0.6 is 15.9 Å². The minimum atomic E-state index is -0.524. The quantitative estimate of drug-likeness (QED) is 0.446. The Hall–Kier alpha value is -3.20. The SMILES string of the molecule is COc1cccc(Nc2ncnc(Nc3ccc(Br)cc3)c2[N+](=O)[O-])c1. The first-order valence-corrected chi connectivity index (χ1v) is 8.29. The van der Waals surface area contributed by atoms with Crippen LogP contribution in [0.2, 0.25) is 0 Å². The van der Waals surface area contributed by atoms with E-state index < -0.39 is 4.92 Å². The first-order chi connectivity index (χ1) is 12.6. The molecule has 0 amide bonds. The van der Waals surface area contributed by atoms with Crippen LogP contribution in [0.5, 0.6) is 5.75 Å². The molecule has 3 aromatic rings. The zero-order valence-electron chi connectivity index (χ0n) is 13.6. The van der Waals surface area contributed by atoms with Gasteiger partial charge in [-0.25, -0.2) is 9.97 Å². The van der Waals surface area contributed by atoms with E-state index in [1.165, 1.54) is 6.33 Å². The van der Waals surface area contributed by atoms with Crippen molar-refractivity contribution in [3.63, 3.8) is 0 Å². The van der Waals surface area contributed by atoms with E-state index in [0.29, 0.717) is 17.1 Å². The van der Waals surface area contributed by atoms with Crippen molar-refractivity contribution >= 4 is 44.6 Å². The fourth-order valence-electron chi connectivity index (χ4n) is 2.24. The van der Waals surface area contributed by atoms with Crippen LogP contribution in [-0.4, -0.2) is 22.0 Å². The summed E-state index contributed by atoms with van der Waals surface area (Å²) in [6, 6.07) is 14.2. The van der Waals surface area contributed by atoms with Crippen LogP contribution in [0.3, 0.4) is 0 Å². The summed E-state index contributed by atoms with van der Waals surface area (Å²) in [5, 5.41) is 17.5. The molecule has 0 fully saturated rings. The molecule has 132 valence electrons. The summed E-state index contributed by atoms with van der Waals surface area (Å²) >= 11 is 3.35. The number of halogens is 1. The maximum atomic E-state index is 11.6. The van der Waals surface area contributed by atoms with Crippen molar-refractivity contribution in [2.45, 2.75) is 0 Å². The minimum Gasteiger partial charge on any atom is -0.497 e. The summed E-state index contributed by atoms with van der Waals surface area (Å²) in [6.07, 6.45) is 1.26. The van der Waals surface area contributed by atoms with Crippen LogP contribution in [0.4, 0.5) is 28.7 Å². The lowest BCUT2D eigenvalue weighted by atomic mass is 10.3. The van der Waals surface area contributed by atoms with Gasteiger partial charge in [-0.1, -0.05) is 22.0 Å². The molecule has 8 nitrogen and oxygen atoms in total. The van der Waals surface area contributed by atoms with Gasteiger partial charge in [0, 0.05) is 21.9 Å². The number of hydrogen-bond acceptors (Lipinski definition) is 7. The van der Waals surface area contributed by atoms with Crippen LogP contribution < -0.4 is 15.4 Å². The van der Waals surface area contributed by atoms with E-state index in [2.05, 4.69) is 36.5 Å². The van der Waals surface area contributed by atoms with Gasteiger partial charge in [0.05, 0.1) is 12.0 Å². The number of aromatic nitrogens is 2. The molecule has 0 saturated heterocycles. The largest absolute Gasteiger partial charge is 0.497 e. The number of ether oxygens (including phenoxy) is 1. The molecule has 0 atom stereocenters. The third-order valence-corrected chi connectivity index (χ3v) is 3.97. The minimum absolute atomic E-state index is 0.0814. The number of nitro groups is 1. The molecule has 26 heavy (non-hydrogen) atoms. The van der Waals surface area contributed by atoms with Crippen molar-refractivity contribution in [2.75, 3.05) is 17.7 Å². The molecule has 0 aliphatic heterocycles. The molecule has 0 unspecified atom stereocenters. The molecule has 0 radical (unpaired) electrons. The van der Waals surface area contributed by atoms with Crippen molar-refractivity contribution in [1.82, 2.24) is 9.97 Å². The van der Waals surface area contributed by atoms with Gasteiger partial charge in [0.2, 0.25) is 11.6 Å². The topological polar surface area (TPSA) is 102 Å². The number of hydrogen-bond donors (Lipinski definition) is 2. The fraction of sp³-hybridized carbons (Fsp3) is 0.0588. The van der Waals surface area contributed by atoms with Crippen molar-refractivity contribution < 1.29 is 9.66 Å². The molecule has 1 heterocycles. The first-order valence-electron chi connectivity index (χ1n) is 7.50. The number of nitrogens with one attached hydrogen (secondary N) is 2. The standard InChI is InChI=1S/C17H14BrN5O3/c1-26-14-4-2-3-13(9-14)22-17-15(23(24)25)16(19-10-20-17)21-12-7-5-11(18)6-8-12/h2-10H,1H3,(H2,19,20,21,22). The number of methoxy groups -OCH3 is 1. The van der Waals surface area contributed by atoms with E-state index >= 15 is 0 Å². The Bertz CT molecular complexity index is 934. The van der Waals surface area contributed by atoms with Gasteiger partial charge < -0.3 is 15.4 Å². The molecule has 0 spiro atoms. The second-order valence-electron chi connectivity index (χ2n) is 5.17. The summed E-state index contributed by atoms with van der Waals surface area (Å²) in [5.41, 5.74) is 1.03. The van der Waals surface area contributed by atoms with Gasteiger partial charge in [-0.3, -0.25) is 10.1 Å². The van der Waals surface area contributed by atoms with Crippen molar-refractivity contribution in [3.8, 4) is 5.75 Å². The summed E-state index contributed by atoms with van der Waals surface area (Å²) in [6.45, 7) is 0. The Morgan fingerprint density at radius 2 is 1.69 bits per heavy atom. The third-order valence-electron chi connectivity index (χ3n) is 3.44. The van der Waals surface area contributed by atoms with Gasteiger partial charge in [0.25, 0.3) is 0 Å². The second-order valence-corrected chi connectivity index (χ2v) is 6.08. The van der Waals surface area contributed by atoms with Gasteiger partial charge in [0.1, 0.15) is 12.1 Å². The van der Waals surface area contributed by atoms with Gasteiger partial charge in [0.15, 0.2) is 0 Å². The lowest BCUT2D eigenvalue weighted by Gasteiger charge is -2.11. The summed E-state index contributed by atoms with van der Waals surface area (Å²) in [5.74, 6) is 0.801. The molecule has 2 N–H and O–H groups in total. The van der Waals surface area contributed by atoms with Crippen LogP contribution in [0.1, 0.15) is 0 Å². The van der Waals surface area contributed by atoms with Crippen LogP contribution in [0.15, 0.2) is 59.3 Å². The van der Waals surface area contributed by atoms with E-state index in [1.807, 2.05) is 12.1 Å². The Kier molecular flexibility index (Phi) is 5.28. The monoisotopic (exact) mass is 415 g/mol. The van der Waals surface area contributed by atoms with Crippen molar-refractivity contribution in [3.05, 3.63) is 69.4 Å². The maximum absolute atomic E-state index is 11.6. The third kappa shape index (κ3) is 4.06. The molecule has 0 saturated carbocycles. The Balaban J connectivity index is 1.95. The molecule has 0 bridgehead atoms. The highest BCUT2D eigenvalue weighted by molar-refractivity contribution is 9.10. The van der Waals surface area contributed by atoms with E-state index in [4.69, 9.17) is 4.74 Å². The molecule has 0 aliphatic carbocycles. The summed E-state index contributed by atoms with van der Waals surface area (Å²) < 4.78 is 6.06. The van der Waals surface area contributed by atoms with Gasteiger partial charge in [-0.2, -0.15) is 0 Å². The van der Waals surface area contributed by atoms with E-state index in [9.17, 15) is 10.1 Å².